The third kappa shape index (κ3) is 4.38. The molecule has 0 saturated carbocycles. The van der Waals surface area contributed by atoms with Gasteiger partial charge in [-0.25, -0.2) is 4.39 Å². The van der Waals surface area contributed by atoms with E-state index in [1.807, 2.05) is 26.8 Å². The van der Waals surface area contributed by atoms with Gasteiger partial charge in [0.05, 0.1) is 12.3 Å². The number of pyridine rings is 1. The second-order valence-corrected chi connectivity index (χ2v) is 7.28. The monoisotopic (exact) mass is 383 g/mol. The van der Waals surface area contributed by atoms with Crippen molar-refractivity contribution >= 4 is 12.1 Å². The number of rotatable bonds is 6. The van der Waals surface area contributed by atoms with Crippen LogP contribution in [0.4, 0.5) is 4.39 Å². The van der Waals surface area contributed by atoms with E-state index in [-0.39, 0.29) is 23.7 Å². The zero-order valence-corrected chi connectivity index (χ0v) is 16.8. The molecule has 1 atom stereocenters. The number of amides is 1. The van der Waals surface area contributed by atoms with E-state index >= 15 is 0 Å². The number of nitrogens with zero attached hydrogens (tertiary/aromatic N) is 3. The zero-order chi connectivity index (χ0) is 20.3. The topological polar surface area (TPSA) is 54.8 Å². The number of likely N-dealkylation sites (N-methyl/N-ethyl adjacent to an activating group) is 1. The van der Waals surface area contributed by atoms with E-state index < -0.39 is 0 Å². The van der Waals surface area contributed by atoms with Gasteiger partial charge in [0.2, 0.25) is 5.91 Å². The van der Waals surface area contributed by atoms with E-state index in [9.17, 15) is 9.18 Å². The molecule has 1 aliphatic heterocycles. The largest absolute Gasteiger partial charge is 0.494 e. The summed E-state index contributed by atoms with van der Waals surface area (Å²) in [4.78, 5) is 22.8. The van der Waals surface area contributed by atoms with Crippen molar-refractivity contribution < 1.29 is 13.9 Å². The lowest BCUT2D eigenvalue weighted by Crippen LogP contribution is -2.24. The first-order chi connectivity index (χ1) is 13.4. The minimum absolute atomic E-state index is 0.0203. The summed E-state index contributed by atoms with van der Waals surface area (Å²) in [6.45, 7) is 7.19. The molecule has 0 spiro atoms. The molecule has 3 rings (SSSR count). The number of carbonyl (C=O) groups excluding carboxylic acids is 1. The molecule has 2 aromatic rings. The maximum absolute atomic E-state index is 14.5. The molecule has 1 aromatic carbocycles. The number of ether oxygens (including phenoxy) is 1. The van der Waals surface area contributed by atoms with Crippen molar-refractivity contribution in [2.75, 3.05) is 20.2 Å². The SMILES string of the molecule is CCOc1ccc(F)c(-c2cc(C=NC3CCN(C)C3=O)nc(C(C)C)c2)c1. The lowest BCUT2D eigenvalue weighted by atomic mass is 10.0. The van der Waals surface area contributed by atoms with Crippen molar-refractivity contribution in [3.63, 3.8) is 0 Å². The van der Waals surface area contributed by atoms with Crippen molar-refractivity contribution in [1.29, 1.82) is 0 Å². The van der Waals surface area contributed by atoms with Crippen LogP contribution in [0, 0.1) is 5.82 Å². The van der Waals surface area contributed by atoms with E-state index in [0.29, 0.717) is 42.1 Å². The summed E-state index contributed by atoms with van der Waals surface area (Å²) in [6, 6.07) is 8.07. The van der Waals surface area contributed by atoms with Crippen molar-refractivity contribution in [3.8, 4) is 16.9 Å². The summed E-state index contributed by atoms with van der Waals surface area (Å²) >= 11 is 0. The van der Waals surface area contributed by atoms with Crippen molar-refractivity contribution in [2.24, 2.45) is 4.99 Å². The van der Waals surface area contributed by atoms with Crippen LogP contribution >= 0.6 is 0 Å². The standard InChI is InChI=1S/C22H26FN3O2/c1-5-28-17-6-7-19(23)18(12-17)15-10-16(25-21(11-15)14(2)3)13-24-20-8-9-26(4)22(20)27/h6-7,10-14,20H,5,8-9H2,1-4H3. The third-order valence-electron chi connectivity index (χ3n) is 4.80. The van der Waals surface area contributed by atoms with Gasteiger partial charge in [-0.1, -0.05) is 13.8 Å². The summed E-state index contributed by atoms with van der Waals surface area (Å²) in [5.74, 6) is 0.493. The Hall–Kier alpha value is -2.76. The zero-order valence-electron chi connectivity index (χ0n) is 16.8. The Morgan fingerprint density at radius 3 is 2.79 bits per heavy atom. The van der Waals surface area contributed by atoms with E-state index in [4.69, 9.17) is 4.74 Å². The molecule has 1 saturated heterocycles. The van der Waals surface area contributed by atoms with E-state index in [2.05, 4.69) is 9.98 Å². The lowest BCUT2D eigenvalue weighted by molar-refractivity contribution is -0.127. The molecule has 148 valence electrons. The van der Waals surface area contributed by atoms with Gasteiger partial charge in [-0.15, -0.1) is 0 Å². The first-order valence-electron chi connectivity index (χ1n) is 9.62. The fraction of sp³-hybridized carbons (Fsp3) is 0.409. The van der Waals surface area contributed by atoms with Crippen LogP contribution in [-0.4, -0.2) is 48.2 Å². The highest BCUT2D eigenvalue weighted by Crippen LogP contribution is 2.29. The quantitative estimate of drug-likeness (QED) is 0.707. The van der Waals surface area contributed by atoms with Crippen LogP contribution in [0.5, 0.6) is 5.75 Å². The molecule has 1 unspecified atom stereocenters. The van der Waals surface area contributed by atoms with Gasteiger partial charge in [0.1, 0.15) is 17.6 Å². The Morgan fingerprint density at radius 1 is 1.36 bits per heavy atom. The summed E-state index contributed by atoms with van der Waals surface area (Å²) in [7, 11) is 1.78. The van der Waals surface area contributed by atoms with Gasteiger partial charge in [0, 0.05) is 31.1 Å². The number of benzene rings is 1. The van der Waals surface area contributed by atoms with Gasteiger partial charge < -0.3 is 9.64 Å². The Bertz CT molecular complexity index is 895. The number of aliphatic imine (C=N–C) groups is 1. The molecule has 1 fully saturated rings. The van der Waals surface area contributed by atoms with Crippen LogP contribution in [0.1, 0.15) is 44.5 Å². The van der Waals surface area contributed by atoms with Crippen molar-refractivity contribution in [2.45, 2.75) is 39.2 Å². The highest BCUT2D eigenvalue weighted by molar-refractivity contribution is 5.88. The molecule has 0 aliphatic carbocycles. The second kappa shape index (κ2) is 8.50. The van der Waals surface area contributed by atoms with Crippen LogP contribution in [0.2, 0.25) is 0 Å². The minimum atomic E-state index is -0.365. The average molecular weight is 383 g/mol. The normalized spacial score (nSPS) is 17.1. The molecule has 0 radical (unpaired) electrons. The third-order valence-corrected chi connectivity index (χ3v) is 4.80. The molecular weight excluding hydrogens is 357 g/mol. The van der Waals surface area contributed by atoms with Crippen molar-refractivity contribution in [1.82, 2.24) is 9.88 Å². The maximum atomic E-state index is 14.5. The Morgan fingerprint density at radius 2 is 2.14 bits per heavy atom. The smallest absolute Gasteiger partial charge is 0.247 e. The number of likely N-dealkylation sites (tertiary alicyclic amines) is 1. The Labute approximate surface area is 165 Å². The number of hydrogen-bond donors (Lipinski definition) is 0. The van der Waals surface area contributed by atoms with Gasteiger partial charge in [0.25, 0.3) is 0 Å². The maximum Gasteiger partial charge on any atom is 0.247 e. The highest BCUT2D eigenvalue weighted by Gasteiger charge is 2.27. The van der Waals surface area contributed by atoms with Crippen molar-refractivity contribution in [3.05, 3.63) is 47.5 Å². The minimum Gasteiger partial charge on any atom is -0.494 e. The molecule has 6 heteroatoms. The number of aromatic nitrogens is 1. The first kappa shape index (κ1) is 20.0. The van der Waals surface area contributed by atoms with Gasteiger partial charge in [-0.05, 0) is 55.2 Å². The summed E-state index contributed by atoms with van der Waals surface area (Å²) < 4.78 is 20.0. The Kier molecular flexibility index (Phi) is 6.07. The predicted molar refractivity (Wildman–Crippen MR) is 109 cm³/mol. The predicted octanol–water partition coefficient (Wildman–Crippen LogP) is 4.06. The second-order valence-electron chi connectivity index (χ2n) is 7.28. The average Bonchev–Trinajstić information content (AvgIpc) is 2.99. The van der Waals surface area contributed by atoms with E-state index in [1.165, 1.54) is 6.07 Å². The fourth-order valence-corrected chi connectivity index (χ4v) is 3.18. The molecule has 1 aromatic heterocycles. The van der Waals surface area contributed by atoms with Gasteiger partial charge in [-0.2, -0.15) is 0 Å². The van der Waals surface area contributed by atoms with E-state index in [1.54, 1.807) is 36.4 Å². The Balaban J connectivity index is 1.99. The molecule has 1 aliphatic rings. The molecule has 5 nitrogen and oxygen atoms in total. The number of halogens is 1. The molecule has 28 heavy (non-hydrogen) atoms. The number of hydrogen-bond acceptors (Lipinski definition) is 4. The summed E-state index contributed by atoms with van der Waals surface area (Å²) in [5.41, 5.74) is 2.63. The summed E-state index contributed by atoms with van der Waals surface area (Å²) in [6.07, 6.45) is 2.33. The van der Waals surface area contributed by atoms with Crippen LogP contribution in [-0.2, 0) is 4.79 Å². The fourth-order valence-electron chi connectivity index (χ4n) is 3.18. The molecular formula is C22H26FN3O2. The van der Waals surface area contributed by atoms with Crippen LogP contribution in [0.3, 0.4) is 0 Å². The number of carbonyl (C=O) groups is 1. The first-order valence-corrected chi connectivity index (χ1v) is 9.62. The molecule has 2 heterocycles. The summed E-state index contributed by atoms with van der Waals surface area (Å²) in [5, 5.41) is 0. The van der Waals surface area contributed by atoms with Crippen LogP contribution in [0.25, 0.3) is 11.1 Å². The van der Waals surface area contributed by atoms with Gasteiger partial charge >= 0.3 is 0 Å². The van der Waals surface area contributed by atoms with Gasteiger partial charge in [-0.3, -0.25) is 14.8 Å². The van der Waals surface area contributed by atoms with Gasteiger partial charge in [0.15, 0.2) is 0 Å². The lowest BCUT2D eigenvalue weighted by Gasteiger charge is -2.12. The van der Waals surface area contributed by atoms with Crippen LogP contribution in [0.15, 0.2) is 35.3 Å². The molecule has 0 N–H and O–H groups in total. The highest BCUT2D eigenvalue weighted by atomic mass is 19.1. The van der Waals surface area contributed by atoms with E-state index in [0.717, 1.165) is 5.69 Å². The van der Waals surface area contributed by atoms with Crippen LogP contribution < -0.4 is 4.74 Å². The molecule has 0 bridgehead atoms. The molecule has 1 amide bonds.